The molecule has 0 aromatic carbocycles. The molecule has 0 spiro atoms. The molecule has 1 heterocycles. The van der Waals surface area contributed by atoms with Crippen LogP contribution in [0.2, 0.25) is 0 Å². The summed E-state index contributed by atoms with van der Waals surface area (Å²) >= 11 is 0. The molecule has 0 aromatic rings. The molecule has 3 rings (SSSR count). The van der Waals surface area contributed by atoms with E-state index < -0.39 is 0 Å². The van der Waals surface area contributed by atoms with Crippen LogP contribution in [0.3, 0.4) is 0 Å². The molecule has 0 aromatic heterocycles. The van der Waals surface area contributed by atoms with Crippen LogP contribution in [0.4, 0.5) is 0 Å². The highest BCUT2D eigenvalue weighted by atomic mass is 16.5. The van der Waals surface area contributed by atoms with Gasteiger partial charge in [0.2, 0.25) is 0 Å². The lowest BCUT2D eigenvalue weighted by Gasteiger charge is -2.28. The maximum atomic E-state index is 6.39. The van der Waals surface area contributed by atoms with Gasteiger partial charge in [-0.15, -0.1) is 0 Å². The molecular formula is C14H25NO. The summed E-state index contributed by atoms with van der Waals surface area (Å²) in [5.41, 5.74) is 6.39. The topological polar surface area (TPSA) is 35.2 Å². The molecule has 3 fully saturated rings. The SMILES string of the molecule is NC(CCC1CCCO1)C1CC2CCC1C2. The average Bonchev–Trinajstić information content (AvgIpc) is 3.01. The first-order valence-electron chi connectivity index (χ1n) is 7.20. The lowest BCUT2D eigenvalue weighted by atomic mass is 9.81. The Bertz CT molecular complexity index is 237. The molecule has 2 N–H and O–H groups in total. The molecule has 2 heteroatoms. The van der Waals surface area contributed by atoms with Crippen molar-refractivity contribution in [1.29, 1.82) is 0 Å². The second-order valence-electron chi connectivity index (χ2n) is 6.21. The molecule has 1 saturated heterocycles. The van der Waals surface area contributed by atoms with Crippen molar-refractivity contribution in [2.45, 2.75) is 63.5 Å². The van der Waals surface area contributed by atoms with Crippen LogP contribution in [-0.4, -0.2) is 18.8 Å². The lowest BCUT2D eigenvalue weighted by molar-refractivity contribution is 0.0971. The molecule has 0 amide bonds. The highest BCUT2D eigenvalue weighted by Gasteiger charge is 2.41. The summed E-state index contributed by atoms with van der Waals surface area (Å²) in [4.78, 5) is 0. The Morgan fingerprint density at radius 3 is 2.75 bits per heavy atom. The standard InChI is InChI=1S/C14H25NO/c15-14(6-5-12-2-1-7-16-12)13-9-10-3-4-11(13)8-10/h10-14H,1-9,15H2. The highest BCUT2D eigenvalue weighted by Crippen LogP contribution is 2.49. The van der Waals surface area contributed by atoms with Crippen LogP contribution in [-0.2, 0) is 4.74 Å². The summed E-state index contributed by atoms with van der Waals surface area (Å²) < 4.78 is 5.67. The normalized spacial score (nSPS) is 44.1. The predicted molar refractivity (Wildman–Crippen MR) is 65.1 cm³/mol. The molecule has 3 aliphatic rings. The summed E-state index contributed by atoms with van der Waals surface area (Å²) in [7, 11) is 0. The molecule has 16 heavy (non-hydrogen) atoms. The van der Waals surface area contributed by atoms with Gasteiger partial charge in [-0.05, 0) is 62.7 Å². The van der Waals surface area contributed by atoms with Gasteiger partial charge >= 0.3 is 0 Å². The first kappa shape index (κ1) is 11.0. The van der Waals surface area contributed by atoms with Crippen LogP contribution >= 0.6 is 0 Å². The van der Waals surface area contributed by atoms with Gasteiger partial charge < -0.3 is 10.5 Å². The van der Waals surface area contributed by atoms with E-state index >= 15 is 0 Å². The van der Waals surface area contributed by atoms with E-state index in [1.165, 1.54) is 51.4 Å². The van der Waals surface area contributed by atoms with Gasteiger partial charge in [0.15, 0.2) is 0 Å². The lowest BCUT2D eigenvalue weighted by Crippen LogP contribution is -2.34. The minimum absolute atomic E-state index is 0.458. The zero-order chi connectivity index (χ0) is 11.0. The summed E-state index contributed by atoms with van der Waals surface area (Å²) in [6.07, 6.45) is 11.3. The largest absolute Gasteiger partial charge is 0.378 e. The first-order chi connectivity index (χ1) is 7.83. The average molecular weight is 223 g/mol. The number of ether oxygens (including phenoxy) is 1. The van der Waals surface area contributed by atoms with Crippen molar-refractivity contribution in [1.82, 2.24) is 0 Å². The van der Waals surface area contributed by atoms with Gasteiger partial charge in [0.1, 0.15) is 0 Å². The smallest absolute Gasteiger partial charge is 0.0576 e. The number of nitrogens with two attached hydrogens (primary N) is 1. The van der Waals surface area contributed by atoms with Crippen LogP contribution in [0.15, 0.2) is 0 Å². The van der Waals surface area contributed by atoms with Gasteiger partial charge in [0, 0.05) is 12.6 Å². The monoisotopic (exact) mass is 223 g/mol. The van der Waals surface area contributed by atoms with Gasteiger partial charge in [-0.25, -0.2) is 0 Å². The molecular weight excluding hydrogens is 198 g/mol. The Hall–Kier alpha value is -0.0800. The molecule has 5 atom stereocenters. The van der Waals surface area contributed by atoms with Crippen molar-refractivity contribution >= 4 is 0 Å². The van der Waals surface area contributed by atoms with Crippen molar-refractivity contribution in [3.05, 3.63) is 0 Å². The number of hydrogen-bond acceptors (Lipinski definition) is 2. The van der Waals surface area contributed by atoms with E-state index in [0.29, 0.717) is 12.1 Å². The molecule has 2 nitrogen and oxygen atoms in total. The molecule has 2 saturated carbocycles. The third-order valence-electron chi connectivity index (χ3n) is 5.19. The van der Waals surface area contributed by atoms with E-state index in [0.717, 1.165) is 24.4 Å². The number of rotatable bonds is 4. The van der Waals surface area contributed by atoms with Crippen LogP contribution in [0.1, 0.15) is 51.4 Å². The van der Waals surface area contributed by atoms with Gasteiger partial charge in [0.25, 0.3) is 0 Å². The molecule has 2 aliphatic carbocycles. The van der Waals surface area contributed by atoms with E-state index in [4.69, 9.17) is 10.5 Å². The van der Waals surface area contributed by atoms with E-state index in [9.17, 15) is 0 Å². The quantitative estimate of drug-likeness (QED) is 0.795. The van der Waals surface area contributed by atoms with Crippen LogP contribution in [0.5, 0.6) is 0 Å². The van der Waals surface area contributed by atoms with Crippen LogP contribution in [0, 0.1) is 17.8 Å². The number of fused-ring (bicyclic) bond motifs is 2. The second kappa shape index (κ2) is 4.66. The fraction of sp³-hybridized carbons (Fsp3) is 1.00. The summed E-state index contributed by atoms with van der Waals surface area (Å²) in [5.74, 6) is 2.86. The maximum absolute atomic E-state index is 6.39. The van der Waals surface area contributed by atoms with Gasteiger partial charge in [0.05, 0.1) is 6.10 Å². The molecule has 5 unspecified atom stereocenters. The Kier molecular flexibility index (Phi) is 3.21. The van der Waals surface area contributed by atoms with Gasteiger partial charge in [-0.3, -0.25) is 0 Å². The van der Waals surface area contributed by atoms with Crippen molar-refractivity contribution in [2.75, 3.05) is 6.61 Å². The van der Waals surface area contributed by atoms with E-state index in [1.54, 1.807) is 0 Å². The first-order valence-corrected chi connectivity index (χ1v) is 7.20. The van der Waals surface area contributed by atoms with E-state index in [1.807, 2.05) is 0 Å². The Morgan fingerprint density at radius 1 is 1.19 bits per heavy atom. The summed E-state index contributed by atoms with van der Waals surface area (Å²) in [6.45, 7) is 0.980. The molecule has 2 bridgehead atoms. The minimum atomic E-state index is 0.458. The number of hydrogen-bond donors (Lipinski definition) is 1. The van der Waals surface area contributed by atoms with Crippen LogP contribution in [0.25, 0.3) is 0 Å². The van der Waals surface area contributed by atoms with Crippen molar-refractivity contribution in [2.24, 2.45) is 23.5 Å². The third-order valence-corrected chi connectivity index (χ3v) is 5.19. The van der Waals surface area contributed by atoms with Crippen LogP contribution < -0.4 is 5.73 Å². The minimum Gasteiger partial charge on any atom is -0.378 e. The maximum Gasteiger partial charge on any atom is 0.0576 e. The molecule has 92 valence electrons. The van der Waals surface area contributed by atoms with Crippen molar-refractivity contribution in [3.8, 4) is 0 Å². The van der Waals surface area contributed by atoms with Gasteiger partial charge in [-0.2, -0.15) is 0 Å². The predicted octanol–water partition coefficient (Wildman–Crippen LogP) is 2.71. The van der Waals surface area contributed by atoms with Crippen molar-refractivity contribution in [3.63, 3.8) is 0 Å². The zero-order valence-electron chi connectivity index (χ0n) is 10.2. The molecule has 1 aliphatic heterocycles. The van der Waals surface area contributed by atoms with E-state index in [2.05, 4.69) is 0 Å². The zero-order valence-corrected chi connectivity index (χ0v) is 10.2. The third kappa shape index (κ3) is 2.14. The van der Waals surface area contributed by atoms with Gasteiger partial charge in [-0.1, -0.05) is 6.42 Å². The highest BCUT2D eigenvalue weighted by molar-refractivity contribution is 4.94. The van der Waals surface area contributed by atoms with E-state index in [-0.39, 0.29) is 0 Å². The fourth-order valence-electron chi connectivity index (χ4n) is 4.28. The summed E-state index contributed by atoms with van der Waals surface area (Å²) in [5, 5.41) is 0. The molecule has 0 radical (unpaired) electrons. The fourth-order valence-corrected chi connectivity index (χ4v) is 4.28. The summed E-state index contributed by atoms with van der Waals surface area (Å²) in [6, 6.07) is 0.458. The Balaban J connectivity index is 1.44. The Labute approximate surface area is 98.9 Å². The van der Waals surface area contributed by atoms with Crippen molar-refractivity contribution < 1.29 is 4.74 Å². The Morgan fingerprint density at radius 2 is 2.12 bits per heavy atom. The second-order valence-corrected chi connectivity index (χ2v) is 6.21.